The number of nitrogens with one attached hydrogen (secondary N) is 1. The molecule has 0 aliphatic heterocycles. The fraction of sp³-hybridized carbons (Fsp3) is 0.176. The standard InChI is InChI=1S/C17H13F3N3/c1-10-4-2-5-11-8-13(16(21)17(18,19)20)15(23-14(10)11)12-6-3-7-22-9-12/h2-9,16,21H,1H3/q-1/t16-/m1/s1. The molecule has 6 heteroatoms. The first-order valence-electron chi connectivity index (χ1n) is 6.96. The molecule has 23 heavy (non-hydrogen) atoms. The van der Waals surface area contributed by atoms with E-state index in [1.165, 1.54) is 18.5 Å². The van der Waals surface area contributed by atoms with Crippen LogP contribution in [0.2, 0.25) is 0 Å². The number of hydrogen-bond acceptors (Lipinski definition) is 2. The van der Waals surface area contributed by atoms with Crippen molar-refractivity contribution in [3.05, 3.63) is 65.7 Å². The van der Waals surface area contributed by atoms with E-state index in [2.05, 4.69) is 9.97 Å². The molecule has 0 radical (unpaired) electrons. The Morgan fingerprint density at radius 1 is 1.13 bits per heavy atom. The Bertz CT molecular complexity index is 845. The quantitative estimate of drug-likeness (QED) is 0.647. The smallest absolute Gasteiger partial charge is 0.377 e. The first kappa shape index (κ1) is 15.4. The number of hydrogen-bond donors (Lipinski definition) is 0. The maximum atomic E-state index is 13.1. The van der Waals surface area contributed by atoms with E-state index in [-0.39, 0.29) is 11.3 Å². The summed E-state index contributed by atoms with van der Waals surface area (Å²) in [4.78, 5) is 8.36. The van der Waals surface area contributed by atoms with Gasteiger partial charge in [0, 0.05) is 23.3 Å². The number of nitrogens with zero attached hydrogens (tertiary/aromatic N) is 2. The molecule has 0 aliphatic rings. The minimum Gasteiger partial charge on any atom is -0.663 e. The summed E-state index contributed by atoms with van der Waals surface area (Å²) in [5, 5.41) is 0.592. The van der Waals surface area contributed by atoms with Crippen LogP contribution in [0.15, 0.2) is 48.8 Å². The van der Waals surface area contributed by atoms with E-state index in [1.54, 1.807) is 24.3 Å². The van der Waals surface area contributed by atoms with Gasteiger partial charge in [-0.15, -0.1) is 0 Å². The van der Waals surface area contributed by atoms with Gasteiger partial charge >= 0.3 is 6.18 Å². The van der Waals surface area contributed by atoms with E-state index in [0.717, 1.165) is 5.56 Å². The monoisotopic (exact) mass is 316 g/mol. The van der Waals surface area contributed by atoms with E-state index in [9.17, 15) is 13.2 Å². The second kappa shape index (κ2) is 5.62. The van der Waals surface area contributed by atoms with Gasteiger partial charge in [0.1, 0.15) is 0 Å². The Morgan fingerprint density at radius 3 is 2.57 bits per heavy atom. The van der Waals surface area contributed by atoms with E-state index < -0.39 is 12.2 Å². The molecular formula is C17H13F3N3-. The summed E-state index contributed by atoms with van der Waals surface area (Å²) in [7, 11) is 0. The Balaban J connectivity index is 2.32. The Labute approximate surface area is 131 Å². The van der Waals surface area contributed by atoms with Gasteiger partial charge in [-0.3, -0.25) is 4.98 Å². The number of aryl methyl sites for hydroxylation is 1. The SMILES string of the molecule is Cc1cccc2cc([C@@H]([NH-])C(F)(F)F)c(-c3cccnc3)nc12. The molecule has 1 atom stereocenters. The molecule has 3 nitrogen and oxygen atoms in total. The molecule has 0 amide bonds. The Kier molecular flexibility index (Phi) is 3.77. The molecule has 3 aromatic rings. The molecule has 2 heterocycles. The van der Waals surface area contributed by atoms with Crippen LogP contribution >= 0.6 is 0 Å². The fourth-order valence-electron chi connectivity index (χ4n) is 2.49. The lowest BCUT2D eigenvalue weighted by molar-refractivity contribution is -0.139. The third-order valence-corrected chi connectivity index (χ3v) is 3.65. The van der Waals surface area contributed by atoms with Crippen molar-refractivity contribution in [2.24, 2.45) is 0 Å². The summed E-state index contributed by atoms with van der Waals surface area (Å²) in [5.41, 5.74) is 9.55. The number of alkyl halides is 3. The van der Waals surface area contributed by atoms with Crippen molar-refractivity contribution in [1.29, 1.82) is 0 Å². The van der Waals surface area contributed by atoms with Crippen LogP contribution in [-0.4, -0.2) is 16.1 Å². The lowest BCUT2D eigenvalue weighted by atomic mass is 9.98. The molecule has 0 saturated heterocycles. The highest BCUT2D eigenvalue weighted by Crippen LogP contribution is 2.40. The van der Waals surface area contributed by atoms with Gasteiger partial charge in [0.2, 0.25) is 0 Å². The first-order chi connectivity index (χ1) is 10.9. The number of rotatable bonds is 2. The molecule has 0 bridgehead atoms. The van der Waals surface area contributed by atoms with Gasteiger partial charge in [-0.05, 0) is 42.3 Å². The Morgan fingerprint density at radius 2 is 1.91 bits per heavy atom. The highest BCUT2D eigenvalue weighted by molar-refractivity contribution is 5.86. The van der Waals surface area contributed by atoms with E-state index >= 15 is 0 Å². The van der Waals surface area contributed by atoms with Crippen LogP contribution in [-0.2, 0) is 0 Å². The average Bonchev–Trinajstić information content (AvgIpc) is 2.53. The molecule has 0 fully saturated rings. The minimum atomic E-state index is -4.66. The van der Waals surface area contributed by atoms with Crippen molar-refractivity contribution < 1.29 is 13.2 Å². The van der Waals surface area contributed by atoms with Crippen LogP contribution in [0.5, 0.6) is 0 Å². The third kappa shape index (κ3) is 2.90. The van der Waals surface area contributed by atoms with Gasteiger partial charge in [0.25, 0.3) is 0 Å². The van der Waals surface area contributed by atoms with Gasteiger partial charge in [0.05, 0.1) is 11.2 Å². The molecule has 118 valence electrons. The summed E-state index contributed by atoms with van der Waals surface area (Å²) in [5.74, 6) is 0. The zero-order valence-corrected chi connectivity index (χ0v) is 12.2. The number of para-hydroxylation sites is 1. The number of aromatic nitrogens is 2. The molecule has 1 aromatic carbocycles. The van der Waals surface area contributed by atoms with Crippen LogP contribution in [0.1, 0.15) is 17.2 Å². The van der Waals surface area contributed by atoms with Gasteiger partial charge in [-0.25, -0.2) is 4.98 Å². The normalized spacial score (nSPS) is 13.3. The molecular weight excluding hydrogens is 303 g/mol. The van der Waals surface area contributed by atoms with Crippen LogP contribution in [0, 0.1) is 6.92 Å². The molecule has 1 N–H and O–H groups in total. The van der Waals surface area contributed by atoms with Crippen molar-refractivity contribution in [2.45, 2.75) is 19.1 Å². The van der Waals surface area contributed by atoms with Crippen LogP contribution in [0.3, 0.4) is 0 Å². The minimum absolute atomic E-state index is 0.150. The second-order valence-electron chi connectivity index (χ2n) is 5.29. The van der Waals surface area contributed by atoms with Crippen molar-refractivity contribution >= 4 is 10.9 Å². The highest BCUT2D eigenvalue weighted by Gasteiger charge is 2.34. The molecule has 3 rings (SSSR count). The summed E-state index contributed by atoms with van der Waals surface area (Å²) < 4.78 is 39.2. The Hall–Kier alpha value is -2.47. The van der Waals surface area contributed by atoms with Gasteiger partial charge in [0.15, 0.2) is 0 Å². The summed E-state index contributed by atoms with van der Waals surface area (Å²) in [6, 6.07) is 7.65. The maximum Gasteiger partial charge on any atom is 0.377 e. The van der Waals surface area contributed by atoms with Crippen LogP contribution in [0.4, 0.5) is 13.2 Å². The number of benzene rings is 1. The summed E-state index contributed by atoms with van der Waals surface area (Å²) in [6.07, 6.45) is -1.66. The number of halogens is 3. The maximum absolute atomic E-state index is 13.1. The second-order valence-corrected chi connectivity index (χ2v) is 5.29. The van der Waals surface area contributed by atoms with E-state index in [4.69, 9.17) is 5.73 Å². The van der Waals surface area contributed by atoms with Gasteiger partial charge in [-0.2, -0.15) is 13.2 Å². The van der Waals surface area contributed by atoms with Crippen molar-refractivity contribution in [1.82, 2.24) is 9.97 Å². The first-order valence-corrected chi connectivity index (χ1v) is 6.96. The van der Waals surface area contributed by atoms with Crippen molar-refractivity contribution in [2.75, 3.05) is 0 Å². The summed E-state index contributed by atoms with van der Waals surface area (Å²) in [6.45, 7) is 1.85. The number of fused-ring (bicyclic) bond motifs is 1. The predicted molar refractivity (Wildman–Crippen MR) is 82.8 cm³/mol. The molecule has 0 spiro atoms. The van der Waals surface area contributed by atoms with E-state index in [1.807, 2.05) is 13.0 Å². The fourth-order valence-corrected chi connectivity index (χ4v) is 2.49. The predicted octanol–water partition coefficient (Wildman–Crippen LogP) is 5.26. The third-order valence-electron chi connectivity index (χ3n) is 3.65. The van der Waals surface area contributed by atoms with Crippen molar-refractivity contribution in [3.8, 4) is 11.3 Å². The van der Waals surface area contributed by atoms with Crippen LogP contribution < -0.4 is 0 Å². The molecule has 0 aliphatic carbocycles. The van der Waals surface area contributed by atoms with Crippen LogP contribution in [0.25, 0.3) is 27.9 Å². The summed E-state index contributed by atoms with van der Waals surface area (Å²) >= 11 is 0. The zero-order valence-electron chi connectivity index (χ0n) is 12.2. The zero-order chi connectivity index (χ0) is 16.6. The van der Waals surface area contributed by atoms with Gasteiger partial charge in [-0.1, -0.05) is 18.2 Å². The highest BCUT2D eigenvalue weighted by atomic mass is 19.4. The van der Waals surface area contributed by atoms with Crippen molar-refractivity contribution in [3.63, 3.8) is 0 Å². The molecule has 0 saturated carbocycles. The average molecular weight is 316 g/mol. The molecule has 0 unspecified atom stereocenters. The number of pyridine rings is 2. The van der Waals surface area contributed by atoms with Gasteiger partial charge < -0.3 is 5.73 Å². The lowest BCUT2D eigenvalue weighted by Crippen LogP contribution is -2.18. The lowest BCUT2D eigenvalue weighted by Gasteiger charge is -2.26. The van der Waals surface area contributed by atoms with E-state index in [0.29, 0.717) is 16.5 Å². The largest absolute Gasteiger partial charge is 0.663 e. The molecule has 2 aromatic heterocycles. The topological polar surface area (TPSA) is 49.6 Å².